The number of nitrogens with zero attached hydrogens (tertiary/aromatic N) is 1. The maximum atomic E-state index is 10.8. The van der Waals surface area contributed by atoms with Crippen LogP contribution in [-0.2, 0) is 11.3 Å². The number of hydrogen-bond donors (Lipinski definition) is 2. The Labute approximate surface area is 99.9 Å². The van der Waals surface area contributed by atoms with Crippen LogP contribution in [0, 0.1) is 10.1 Å². The van der Waals surface area contributed by atoms with E-state index in [2.05, 4.69) is 5.43 Å². The summed E-state index contributed by atoms with van der Waals surface area (Å²) in [5.74, 6) is 5.20. The van der Waals surface area contributed by atoms with Crippen LogP contribution < -0.4 is 11.3 Å². The molecule has 3 N–H and O–H groups in total. The first-order chi connectivity index (χ1) is 8.08. The van der Waals surface area contributed by atoms with Crippen LogP contribution in [0.3, 0.4) is 0 Å². The van der Waals surface area contributed by atoms with Crippen molar-refractivity contribution in [1.82, 2.24) is 0 Å². The van der Waals surface area contributed by atoms with Crippen molar-refractivity contribution in [3.8, 4) is 0 Å². The number of benzene rings is 1. The van der Waals surface area contributed by atoms with Crippen molar-refractivity contribution in [2.24, 2.45) is 5.84 Å². The van der Waals surface area contributed by atoms with Crippen molar-refractivity contribution < 1.29 is 9.66 Å². The summed E-state index contributed by atoms with van der Waals surface area (Å²) < 4.78 is 5.51. The number of hydrazine groups is 1. The standard InChI is InChI=1S/C11H17N3O3/c1-3-8(2)17-7-9-4-5-10(13-12)11(6-9)14(15)16/h4-6,8,13H,3,7,12H2,1-2H3. The molecule has 0 fully saturated rings. The molecule has 1 rings (SSSR count). The largest absolute Gasteiger partial charge is 0.374 e. The van der Waals surface area contributed by atoms with Crippen molar-refractivity contribution in [3.05, 3.63) is 33.9 Å². The zero-order chi connectivity index (χ0) is 12.8. The minimum Gasteiger partial charge on any atom is -0.374 e. The molecule has 0 bridgehead atoms. The number of anilines is 1. The summed E-state index contributed by atoms with van der Waals surface area (Å²) in [7, 11) is 0. The molecule has 17 heavy (non-hydrogen) atoms. The highest BCUT2D eigenvalue weighted by Crippen LogP contribution is 2.25. The molecular weight excluding hydrogens is 222 g/mol. The van der Waals surface area contributed by atoms with Gasteiger partial charge in [-0.3, -0.25) is 16.0 Å². The molecule has 94 valence electrons. The molecule has 0 heterocycles. The number of rotatable bonds is 6. The van der Waals surface area contributed by atoms with E-state index in [-0.39, 0.29) is 11.8 Å². The third kappa shape index (κ3) is 3.69. The molecule has 0 amide bonds. The van der Waals surface area contributed by atoms with Crippen LogP contribution in [0.2, 0.25) is 0 Å². The molecule has 0 aliphatic rings. The predicted molar refractivity (Wildman–Crippen MR) is 65.4 cm³/mol. The van der Waals surface area contributed by atoms with E-state index in [0.717, 1.165) is 12.0 Å². The zero-order valence-corrected chi connectivity index (χ0v) is 9.97. The number of ether oxygens (including phenoxy) is 1. The van der Waals surface area contributed by atoms with Crippen molar-refractivity contribution in [1.29, 1.82) is 0 Å². The van der Waals surface area contributed by atoms with Gasteiger partial charge >= 0.3 is 0 Å². The Balaban J connectivity index is 2.81. The fourth-order valence-corrected chi connectivity index (χ4v) is 1.30. The van der Waals surface area contributed by atoms with E-state index in [4.69, 9.17) is 10.6 Å². The van der Waals surface area contributed by atoms with Gasteiger partial charge in [-0.1, -0.05) is 13.0 Å². The van der Waals surface area contributed by atoms with Crippen LogP contribution in [-0.4, -0.2) is 11.0 Å². The lowest BCUT2D eigenvalue weighted by Gasteiger charge is -2.11. The van der Waals surface area contributed by atoms with Crippen molar-refractivity contribution in [2.45, 2.75) is 33.0 Å². The second-order valence-electron chi connectivity index (χ2n) is 3.78. The van der Waals surface area contributed by atoms with E-state index in [0.29, 0.717) is 12.3 Å². The van der Waals surface area contributed by atoms with Gasteiger partial charge in [-0.25, -0.2) is 0 Å². The molecule has 0 radical (unpaired) electrons. The van der Waals surface area contributed by atoms with Gasteiger partial charge in [0.05, 0.1) is 17.6 Å². The molecular formula is C11H17N3O3. The van der Waals surface area contributed by atoms with E-state index in [1.807, 2.05) is 13.8 Å². The van der Waals surface area contributed by atoms with Gasteiger partial charge in [0, 0.05) is 6.07 Å². The summed E-state index contributed by atoms with van der Waals surface area (Å²) in [6, 6.07) is 4.80. The van der Waals surface area contributed by atoms with Gasteiger partial charge in [-0.15, -0.1) is 0 Å². The number of nitrogens with two attached hydrogens (primary N) is 1. The van der Waals surface area contributed by atoms with Crippen molar-refractivity contribution in [2.75, 3.05) is 5.43 Å². The molecule has 0 aliphatic heterocycles. The first-order valence-electron chi connectivity index (χ1n) is 5.44. The fraction of sp³-hybridized carbons (Fsp3) is 0.455. The van der Waals surface area contributed by atoms with E-state index in [1.165, 1.54) is 6.07 Å². The minimum absolute atomic E-state index is 0.0437. The lowest BCUT2D eigenvalue weighted by molar-refractivity contribution is -0.384. The number of hydrogen-bond acceptors (Lipinski definition) is 5. The van der Waals surface area contributed by atoms with Crippen molar-refractivity contribution in [3.63, 3.8) is 0 Å². The van der Waals surface area contributed by atoms with E-state index in [9.17, 15) is 10.1 Å². The highest BCUT2D eigenvalue weighted by atomic mass is 16.6. The Morgan fingerprint density at radius 1 is 1.59 bits per heavy atom. The Kier molecular flexibility index (Phi) is 4.86. The normalized spacial score (nSPS) is 12.2. The summed E-state index contributed by atoms with van der Waals surface area (Å²) in [4.78, 5) is 10.3. The molecule has 0 saturated heterocycles. The van der Waals surface area contributed by atoms with Gasteiger partial charge in [0.1, 0.15) is 5.69 Å². The summed E-state index contributed by atoms with van der Waals surface area (Å²) in [5, 5.41) is 10.8. The topological polar surface area (TPSA) is 90.4 Å². The van der Waals surface area contributed by atoms with Gasteiger partial charge in [0.2, 0.25) is 0 Å². The van der Waals surface area contributed by atoms with E-state index >= 15 is 0 Å². The van der Waals surface area contributed by atoms with E-state index < -0.39 is 4.92 Å². The summed E-state index contributed by atoms with van der Waals surface area (Å²) in [6.07, 6.45) is 1.05. The molecule has 0 aliphatic carbocycles. The fourth-order valence-electron chi connectivity index (χ4n) is 1.30. The lowest BCUT2D eigenvalue weighted by atomic mass is 10.2. The first kappa shape index (κ1) is 13.4. The number of nitro groups is 1. The van der Waals surface area contributed by atoms with Crippen LogP contribution >= 0.6 is 0 Å². The smallest absolute Gasteiger partial charge is 0.294 e. The molecule has 1 aromatic carbocycles. The van der Waals surface area contributed by atoms with Gasteiger partial charge in [-0.2, -0.15) is 0 Å². The number of nitrogens with one attached hydrogen (secondary N) is 1. The average molecular weight is 239 g/mol. The number of nitro benzene ring substituents is 1. The highest BCUT2D eigenvalue weighted by Gasteiger charge is 2.13. The molecule has 6 nitrogen and oxygen atoms in total. The molecule has 1 aromatic rings. The lowest BCUT2D eigenvalue weighted by Crippen LogP contribution is -2.10. The second kappa shape index (κ2) is 6.17. The predicted octanol–water partition coefficient (Wildman–Crippen LogP) is 2.20. The molecule has 1 unspecified atom stereocenters. The molecule has 0 spiro atoms. The summed E-state index contributed by atoms with van der Waals surface area (Å²) in [6.45, 7) is 4.35. The van der Waals surface area contributed by atoms with Crippen LogP contribution in [0.15, 0.2) is 18.2 Å². The molecule has 0 saturated carbocycles. The summed E-state index contributed by atoms with van der Waals surface area (Å²) >= 11 is 0. The van der Waals surface area contributed by atoms with E-state index in [1.54, 1.807) is 12.1 Å². The van der Waals surface area contributed by atoms with Gasteiger partial charge in [0.25, 0.3) is 5.69 Å². The monoisotopic (exact) mass is 239 g/mol. The Hall–Kier alpha value is -1.66. The highest BCUT2D eigenvalue weighted by molar-refractivity contribution is 5.61. The minimum atomic E-state index is -0.470. The van der Waals surface area contributed by atoms with Crippen LogP contribution in [0.5, 0.6) is 0 Å². The number of nitrogen functional groups attached to an aromatic ring is 1. The van der Waals surface area contributed by atoms with Gasteiger partial charge in [0.15, 0.2) is 0 Å². The molecule has 1 atom stereocenters. The first-order valence-corrected chi connectivity index (χ1v) is 5.44. The zero-order valence-electron chi connectivity index (χ0n) is 9.97. The third-order valence-electron chi connectivity index (χ3n) is 2.52. The average Bonchev–Trinajstić information content (AvgIpc) is 2.35. The van der Waals surface area contributed by atoms with Crippen molar-refractivity contribution >= 4 is 11.4 Å². The maximum Gasteiger partial charge on any atom is 0.294 e. The quantitative estimate of drug-likeness (QED) is 0.451. The van der Waals surface area contributed by atoms with Crippen LogP contribution in [0.1, 0.15) is 25.8 Å². The SMILES string of the molecule is CCC(C)OCc1ccc(NN)c([N+](=O)[O-])c1. The molecule has 0 aromatic heterocycles. The van der Waals surface area contributed by atoms with Gasteiger partial charge < -0.3 is 10.2 Å². The van der Waals surface area contributed by atoms with Crippen LogP contribution in [0.4, 0.5) is 11.4 Å². The summed E-state index contributed by atoms with van der Waals surface area (Å²) in [5.41, 5.74) is 3.31. The maximum absolute atomic E-state index is 10.8. The van der Waals surface area contributed by atoms with Gasteiger partial charge in [-0.05, 0) is 25.0 Å². The Morgan fingerprint density at radius 3 is 2.82 bits per heavy atom. The Morgan fingerprint density at radius 2 is 2.29 bits per heavy atom. The molecule has 6 heteroatoms. The Bertz CT molecular complexity index is 396. The second-order valence-corrected chi connectivity index (χ2v) is 3.78. The van der Waals surface area contributed by atoms with Crippen LogP contribution in [0.25, 0.3) is 0 Å². The third-order valence-corrected chi connectivity index (χ3v) is 2.52.